The highest BCUT2D eigenvalue weighted by Gasteiger charge is 2.44. The zero-order valence-corrected chi connectivity index (χ0v) is 27.2. The normalized spacial score (nSPS) is 24.6. The molecule has 2 saturated heterocycles. The van der Waals surface area contributed by atoms with E-state index in [1.54, 1.807) is 20.1 Å². The Labute approximate surface area is 264 Å². The molecular weight excluding hydrogens is 582 g/mol. The van der Waals surface area contributed by atoms with Crippen LogP contribution in [-0.2, 0) is 20.7 Å². The summed E-state index contributed by atoms with van der Waals surface area (Å²) in [6, 6.07) is 13.7. The van der Waals surface area contributed by atoms with Crippen molar-refractivity contribution in [1.82, 2.24) is 15.1 Å². The van der Waals surface area contributed by atoms with Gasteiger partial charge in [-0.15, -0.1) is 11.8 Å². The largest absolute Gasteiger partial charge is 0.494 e. The first-order chi connectivity index (χ1) is 20.9. The molecule has 0 spiro atoms. The van der Waals surface area contributed by atoms with E-state index in [9.17, 15) is 24.9 Å². The molecule has 2 amide bonds. The third-order valence-corrected chi connectivity index (χ3v) is 9.27. The first-order valence-corrected chi connectivity index (χ1v) is 16.5. The van der Waals surface area contributed by atoms with Gasteiger partial charge in [-0.1, -0.05) is 30.3 Å². The third kappa shape index (κ3) is 8.52. The van der Waals surface area contributed by atoms with E-state index in [4.69, 9.17) is 9.47 Å². The highest BCUT2D eigenvalue weighted by Crippen LogP contribution is 2.36. The molecule has 5 unspecified atom stereocenters. The number of piperazine rings is 1. The third-order valence-electron chi connectivity index (χ3n) is 8.42. The summed E-state index contributed by atoms with van der Waals surface area (Å²) >= 11 is 1.30. The Morgan fingerprint density at radius 3 is 2.36 bits per heavy atom. The number of hydrogen-bond acceptors (Lipinski definition) is 9. The SMILES string of the molecule is CSC1OC(c2ccc(C)c(Cc3ccc(OCCCC(=O)NC(C)(C)C(=O)N4CCN(C)CC4)cc3)c2)C(O)C(O)C1O. The maximum absolute atomic E-state index is 12.9. The van der Waals surface area contributed by atoms with Crippen molar-refractivity contribution in [3.05, 3.63) is 64.7 Å². The molecule has 242 valence electrons. The van der Waals surface area contributed by atoms with Gasteiger partial charge in [0.05, 0.1) is 6.61 Å². The molecular formula is C33H47N3O7S. The summed E-state index contributed by atoms with van der Waals surface area (Å²) in [6.45, 7) is 8.91. The molecule has 2 aliphatic rings. The van der Waals surface area contributed by atoms with Crippen LogP contribution in [0, 0.1) is 6.92 Å². The van der Waals surface area contributed by atoms with Gasteiger partial charge in [-0.2, -0.15) is 0 Å². The number of nitrogens with one attached hydrogen (secondary N) is 1. The minimum absolute atomic E-state index is 0.0556. The molecule has 5 atom stereocenters. The van der Waals surface area contributed by atoms with Crippen molar-refractivity contribution >= 4 is 23.6 Å². The Hall–Kier alpha value is -2.67. The number of benzene rings is 2. The summed E-state index contributed by atoms with van der Waals surface area (Å²) in [5, 5.41) is 34.0. The number of aryl methyl sites for hydroxylation is 1. The molecule has 2 aromatic carbocycles. The second-order valence-corrected chi connectivity index (χ2v) is 13.3. The van der Waals surface area contributed by atoms with Gasteiger partial charge < -0.3 is 39.9 Å². The molecule has 0 aliphatic carbocycles. The second kappa shape index (κ2) is 15.1. The standard InChI is InChI=1S/C33H47N3O7S/c1-21-8-11-23(30-28(39)27(38)29(40)31(43-30)44-5)20-24(21)19-22-9-12-25(13-10-22)42-18-6-7-26(37)34-33(2,3)32(41)36-16-14-35(4)15-17-36/h8-13,20,27-31,38-40H,6-7,14-19H2,1-5H3,(H,34,37). The number of amides is 2. The highest BCUT2D eigenvalue weighted by atomic mass is 32.2. The van der Waals surface area contributed by atoms with Crippen molar-refractivity contribution in [3.8, 4) is 5.75 Å². The smallest absolute Gasteiger partial charge is 0.247 e. The Kier molecular flexibility index (Phi) is 11.7. The zero-order valence-electron chi connectivity index (χ0n) is 26.4. The number of ether oxygens (including phenoxy) is 2. The van der Waals surface area contributed by atoms with Crippen molar-refractivity contribution < 1.29 is 34.4 Å². The second-order valence-electron chi connectivity index (χ2n) is 12.4. The summed E-state index contributed by atoms with van der Waals surface area (Å²) in [4.78, 5) is 29.5. The molecule has 0 radical (unpaired) electrons. The van der Waals surface area contributed by atoms with Crippen molar-refractivity contribution in [1.29, 1.82) is 0 Å². The van der Waals surface area contributed by atoms with Crippen LogP contribution >= 0.6 is 11.8 Å². The molecule has 10 nitrogen and oxygen atoms in total. The first-order valence-electron chi connectivity index (χ1n) is 15.2. The van der Waals surface area contributed by atoms with E-state index < -0.39 is 35.4 Å². The van der Waals surface area contributed by atoms with Gasteiger partial charge in [-0.05, 0) is 81.3 Å². The van der Waals surface area contributed by atoms with Crippen molar-refractivity contribution in [2.75, 3.05) is 46.1 Å². The van der Waals surface area contributed by atoms with Gasteiger partial charge in [0.15, 0.2) is 0 Å². The monoisotopic (exact) mass is 629 g/mol. The minimum atomic E-state index is -1.29. The number of carbonyl (C=O) groups is 2. The molecule has 2 aromatic rings. The van der Waals surface area contributed by atoms with Crippen LogP contribution in [-0.4, -0.2) is 112 Å². The van der Waals surface area contributed by atoms with Gasteiger partial charge in [0.2, 0.25) is 11.8 Å². The molecule has 44 heavy (non-hydrogen) atoms. The predicted molar refractivity (Wildman–Crippen MR) is 171 cm³/mol. The van der Waals surface area contributed by atoms with E-state index in [-0.39, 0.29) is 18.2 Å². The molecule has 2 aliphatic heterocycles. The zero-order chi connectivity index (χ0) is 32.0. The molecule has 0 saturated carbocycles. The lowest BCUT2D eigenvalue weighted by molar-refractivity contribution is -0.200. The predicted octanol–water partition coefficient (Wildman–Crippen LogP) is 2.26. The summed E-state index contributed by atoms with van der Waals surface area (Å²) < 4.78 is 11.8. The highest BCUT2D eigenvalue weighted by molar-refractivity contribution is 7.99. The molecule has 4 rings (SSSR count). The molecule has 2 heterocycles. The number of likely N-dealkylation sites (N-methyl/N-ethyl adjacent to an activating group) is 1. The first kappa shape index (κ1) is 34.2. The van der Waals surface area contributed by atoms with E-state index in [1.165, 1.54) is 11.8 Å². The lowest BCUT2D eigenvalue weighted by Gasteiger charge is -2.40. The Morgan fingerprint density at radius 1 is 1.02 bits per heavy atom. The number of hydrogen-bond donors (Lipinski definition) is 4. The van der Waals surface area contributed by atoms with Crippen molar-refractivity contribution in [3.63, 3.8) is 0 Å². The van der Waals surface area contributed by atoms with Crippen molar-refractivity contribution in [2.24, 2.45) is 0 Å². The summed E-state index contributed by atoms with van der Waals surface area (Å²) in [5.74, 6) is 0.481. The maximum atomic E-state index is 12.9. The van der Waals surface area contributed by atoms with Crippen LogP contribution in [0.5, 0.6) is 5.75 Å². The van der Waals surface area contributed by atoms with Gasteiger partial charge in [-0.25, -0.2) is 0 Å². The average molecular weight is 630 g/mol. The Balaban J connectivity index is 1.25. The molecule has 0 aromatic heterocycles. The van der Waals surface area contributed by atoms with Gasteiger partial charge >= 0.3 is 0 Å². The van der Waals surface area contributed by atoms with Crippen molar-refractivity contribution in [2.45, 2.75) is 75.4 Å². The lowest BCUT2D eigenvalue weighted by atomic mass is 9.91. The Morgan fingerprint density at radius 2 is 1.70 bits per heavy atom. The van der Waals surface area contributed by atoms with Crippen LogP contribution in [0.4, 0.5) is 0 Å². The fourth-order valence-electron chi connectivity index (χ4n) is 5.59. The van der Waals surface area contributed by atoms with Crippen LogP contribution in [0.1, 0.15) is 55.0 Å². The maximum Gasteiger partial charge on any atom is 0.247 e. The molecule has 2 fully saturated rings. The number of nitrogens with zero attached hydrogens (tertiary/aromatic N) is 2. The fourth-order valence-corrected chi connectivity index (χ4v) is 6.26. The Bertz CT molecular complexity index is 1260. The number of aliphatic hydroxyl groups excluding tert-OH is 3. The van der Waals surface area contributed by atoms with E-state index in [0.717, 1.165) is 35.3 Å². The van der Waals surface area contributed by atoms with E-state index >= 15 is 0 Å². The molecule has 0 bridgehead atoms. The molecule has 4 N–H and O–H groups in total. The number of thioether (sulfide) groups is 1. The van der Waals surface area contributed by atoms with E-state index in [2.05, 4.69) is 10.2 Å². The van der Waals surface area contributed by atoms with Crippen LogP contribution < -0.4 is 10.1 Å². The minimum Gasteiger partial charge on any atom is -0.494 e. The van der Waals surface area contributed by atoms with Gasteiger partial charge in [0.25, 0.3) is 0 Å². The van der Waals surface area contributed by atoms with E-state index in [1.807, 2.05) is 61.3 Å². The summed E-state index contributed by atoms with van der Waals surface area (Å²) in [5.41, 5.74) is 2.39. The van der Waals surface area contributed by atoms with Crippen LogP contribution in [0.15, 0.2) is 42.5 Å². The van der Waals surface area contributed by atoms with Gasteiger partial charge in [-0.3, -0.25) is 9.59 Å². The topological polar surface area (TPSA) is 132 Å². The summed E-state index contributed by atoms with van der Waals surface area (Å²) in [7, 11) is 2.04. The quantitative estimate of drug-likeness (QED) is 0.277. The number of aliphatic hydroxyl groups is 3. The van der Waals surface area contributed by atoms with Crippen LogP contribution in [0.25, 0.3) is 0 Å². The summed E-state index contributed by atoms with van der Waals surface area (Å²) in [6.07, 6.45) is -1.19. The number of carbonyl (C=O) groups excluding carboxylic acids is 2. The van der Waals surface area contributed by atoms with Crippen LogP contribution in [0.3, 0.4) is 0 Å². The van der Waals surface area contributed by atoms with Gasteiger partial charge in [0.1, 0.15) is 41.1 Å². The number of rotatable bonds is 11. The van der Waals surface area contributed by atoms with Gasteiger partial charge in [0, 0.05) is 32.6 Å². The van der Waals surface area contributed by atoms with E-state index in [0.29, 0.717) is 38.3 Å². The lowest BCUT2D eigenvalue weighted by Crippen LogP contribution is -2.59. The average Bonchev–Trinajstić information content (AvgIpc) is 3.00. The molecule has 11 heteroatoms. The van der Waals surface area contributed by atoms with Crippen LogP contribution in [0.2, 0.25) is 0 Å². The fraction of sp³-hybridized carbons (Fsp3) is 0.576.